The number of hydrogen-bond donors (Lipinski definition) is 2. The van der Waals surface area contributed by atoms with E-state index in [1.54, 1.807) is 34.1 Å². The van der Waals surface area contributed by atoms with Crippen LogP contribution in [0.25, 0.3) is 0 Å². The molecule has 3 aromatic carbocycles. The van der Waals surface area contributed by atoms with Crippen LogP contribution in [0, 0.1) is 23.5 Å². The van der Waals surface area contributed by atoms with Crippen molar-refractivity contribution in [3.63, 3.8) is 0 Å². The minimum Gasteiger partial charge on any atom is -0.344 e. The van der Waals surface area contributed by atoms with Crippen LogP contribution >= 0.6 is 0 Å². The number of para-hydroxylation sites is 2. The lowest BCUT2D eigenvalue weighted by Gasteiger charge is -2.26. The molecule has 4 amide bonds. The van der Waals surface area contributed by atoms with Gasteiger partial charge in [-0.1, -0.05) is 42.5 Å². The van der Waals surface area contributed by atoms with E-state index in [0.29, 0.717) is 42.4 Å². The summed E-state index contributed by atoms with van der Waals surface area (Å²) in [5.74, 6) is -3.35. The predicted octanol–water partition coefficient (Wildman–Crippen LogP) is 3.92. The number of carbonyl (C=O) groups is 4. The van der Waals surface area contributed by atoms with Gasteiger partial charge in [0.05, 0.1) is 17.8 Å². The van der Waals surface area contributed by atoms with Gasteiger partial charge >= 0.3 is 0 Å². The predicted molar refractivity (Wildman–Crippen MR) is 161 cm³/mol. The van der Waals surface area contributed by atoms with E-state index in [-0.39, 0.29) is 18.4 Å². The molecular weight excluding hydrogens is 566 g/mol. The molecule has 44 heavy (non-hydrogen) atoms. The number of fused-ring (bicyclic) bond motifs is 1. The largest absolute Gasteiger partial charge is 0.344 e. The van der Waals surface area contributed by atoms with Crippen LogP contribution in [0.4, 0.5) is 20.2 Å². The van der Waals surface area contributed by atoms with Crippen molar-refractivity contribution < 1.29 is 28.0 Å². The highest BCUT2D eigenvalue weighted by Crippen LogP contribution is 2.40. The lowest BCUT2D eigenvalue weighted by Crippen LogP contribution is -2.59. The van der Waals surface area contributed by atoms with E-state index in [4.69, 9.17) is 0 Å². The Hall–Kier alpha value is -4.60. The van der Waals surface area contributed by atoms with Gasteiger partial charge in [0.2, 0.25) is 11.8 Å². The van der Waals surface area contributed by atoms with Gasteiger partial charge in [-0.2, -0.15) is 0 Å². The third-order valence-electron chi connectivity index (χ3n) is 8.27. The third-order valence-corrected chi connectivity index (χ3v) is 8.27. The summed E-state index contributed by atoms with van der Waals surface area (Å²) in [4.78, 5) is 58.3. The van der Waals surface area contributed by atoms with Crippen molar-refractivity contribution in [3.8, 4) is 0 Å². The molecule has 228 valence electrons. The first-order valence-corrected chi connectivity index (χ1v) is 15.1. The summed E-state index contributed by atoms with van der Waals surface area (Å²) < 4.78 is 27.5. The first-order valence-electron chi connectivity index (χ1n) is 15.1. The number of halogens is 2. The van der Waals surface area contributed by atoms with Crippen LogP contribution in [0.1, 0.15) is 36.8 Å². The molecule has 0 aromatic heterocycles. The monoisotopic (exact) mass is 600 g/mol. The van der Waals surface area contributed by atoms with E-state index in [0.717, 1.165) is 43.4 Å². The fraction of sp³-hybridized carbons (Fsp3) is 0.353. The normalized spacial score (nSPS) is 17.6. The first-order chi connectivity index (χ1) is 21.2. The Morgan fingerprint density at radius 1 is 0.750 bits per heavy atom. The quantitative estimate of drug-likeness (QED) is 0.326. The maximum Gasteiger partial charge on any atom is 0.259 e. The molecule has 2 fully saturated rings. The average molecular weight is 601 g/mol. The summed E-state index contributed by atoms with van der Waals surface area (Å²) >= 11 is 0. The molecule has 1 heterocycles. The molecule has 2 saturated carbocycles. The highest BCUT2D eigenvalue weighted by atomic mass is 19.1. The number of benzene rings is 3. The summed E-state index contributed by atoms with van der Waals surface area (Å²) in [5, 5.41) is 5.36. The first kappa shape index (κ1) is 29.5. The van der Waals surface area contributed by atoms with E-state index >= 15 is 0 Å². The molecule has 0 saturated heterocycles. The Morgan fingerprint density at radius 2 is 1.27 bits per heavy atom. The van der Waals surface area contributed by atoms with Crippen molar-refractivity contribution >= 4 is 35.0 Å². The molecule has 1 atom stereocenters. The zero-order chi connectivity index (χ0) is 30.8. The van der Waals surface area contributed by atoms with E-state index in [9.17, 15) is 28.0 Å². The van der Waals surface area contributed by atoms with Gasteiger partial charge in [0.25, 0.3) is 11.8 Å². The fourth-order valence-electron chi connectivity index (χ4n) is 5.64. The van der Waals surface area contributed by atoms with Gasteiger partial charge in [-0.3, -0.25) is 19.2 Å². The van der Waals surface area contributed by atoms with E-state index < -0.39 is 47.3 Å². The zero-order valence-electron chi connectivity index (χ0n) is 24.2. The molecule has 0 bridgehead atoms. The lowest BCUT2D eigenvalue weighted by atomic mass is 10.0. The molecule has 2 N–H and O–H groups in total. The van der Waals surface area contributed by atoms with Crippen molar-refractivity contribution in [3.05, 3.63) is 95.6 Å². The summed E-state index contributed by atoms with van der Waals surface area (Å²) in [7, 11) is 0. The Kier molecular flexibility index (Phi) is 8.41. The number of nitrogens with one attached hydrogen (secondary N) is 2. The van der Waals surface area contributed by atoms with E-state index in [1.807, 2.05) is 30.3 Å². The number of anilines is 2. The second-order valence-electron chi connectivity index (χ2n) is 12.0. The molecule has 2 aliphatic carbocycles. The van der Waals surface area contributed by atoms with Crippen molar-refractivity contribution in [2.45, 2.75) is 50.6 Å². The number of rotatable bonds is 11. The molecule has 3 aliphatic rings. The number of hydrogen-bond acceptors (Lipinski definition) is 4. The molecule has 0 unspecified atom stereocenters. The maximum absolute atomic E-state index is 14.1. The minimum atomic E-state index is -1.49. The second-order valence-corrected chi connectivity index (χ2v) is 12.0. The van der Waals surface area contributed by atoms with Crippen LogP contribution in [0.3, 0.4) is 0 Å². The summed E-state index contributed by atoms with van der Waals surface area (Å²) in [6, 6.07) is 16.5. The van der Waals surface area contributed by atoms with E-state index in [2.05, 4.69) is 10.6 Å². The highest BCUT2D eigenvalue weighted by molar-refractivity contribution is 6.21. The molecule has 6 rings (SSSR count). The Labute approximate surface area is 254 Å². The molecule has 0 radical (unpaired) electrons. The van der Waals surface area contributed by atoms with Crippen LogP contribution in [-0.2, 0) is 32.0 Å². The van der Waals surface area contributed by atoms with Gasteiger partial charge in [0.15, 0.2) is 6.04 Å². The van der Waals surface area contributed by atoms with Crippen molar-refractivity contribution in [2.24, 2.45) is 11.8 Å². The Bertz CT molecular complexity index is 1500. The summed E-state index contributed by atoms with van der Waals surface area (Å²) in [5.41, 5.74) is 2.14. The standard InChI is InChI=1S/C34H34F2N4O4/c35-25-14-24(15-26(36)18-25)17-30(41)37-27(16-21-6-2-1-3-7-21)32(42)38-31-33(43)39(19-22-10-11-22)28-8-4-5-9-29(28)40(34(31)44)20-23-12-13-23/h1-9,14-15,18,22-23,27,31H,10-13,16-17,19-20H2,(H,37,41)(H,38,42)/t27-/m0/s1. The molecular formula is C34H34F2N4O4. The van der Waals surface area contributed by atoms with Crippen LogP contribution in [-0.4, -0.2) is 48.8 Å². The number of amides is 4. The van der Waals surface area contributed by atoms with Crippen molar-refractivity contribution in [2.75, 3.05) is 22.9 Å². The van der Waals surface area contributed by atoms with Crippen LogP contribution in [0.2, 0.25) is 0 Å². The molecule has 8 nitrogen and oxygen atoms in total. The van der Waals surface area contributed by atoms with Gasteiger partial charge in [0.1, 0.15) is 17.7 Å². The van der Waals surface area contributed by atoms with Crippen molar-refractivity contribution in [1.82, 2.24) is 10.6 Å². The van der Waals surface area contributed by atoms with Gasteiger partial charge in [-0.15, -0.1) is 0 Å². The zero-order valence-corrected chi connectivity index (χ0v) is 24.2. The fourth-order valence-corrected chi connectivity index (χ4v) is 5.64. The van der Waals surface area contributed by atoms with Crippen LogP contribution in [0.15, 0.2) is 72.8 Å². The maximum atomic E-state index is 14.1. The van der Waals surface area contributed by atoms with Gasteiger partial charge in [0, 0.05) is 25.6 Å². The second kappa shape index (κ2) is 12.6. The summed E-state index contributed by atoms with van der Waals surface area (Å²) in [6.07, 6.45) is 3.66. The minimum absolute atomic E-state index is 0.0723. The van der Waals surface area contributed by atoms with Gasteiger partial charge in [-0.25, -0.2) is 8.78 Å². The average Bonchev–Trinajstić information content (AvgIpc) is 3.93. The number of nitrogens with zero attached hydrogens (tertiary/aromatic N) is 2. The molecule has 1 aliphatic heterocycles. The molecule has 10 heteroatoms. The highest BCUT2D eigenvalue weighted by Gasteiger charge is 2.44. The Morgan fingerprint density at radius 3 is 1.80 bits per heavy atom. The van der Waals surface area contributed by atoms with Gasteiger partial charge < -0.3 is 20.4 Å². The SMILES string of the molecule is O=C(Cc1cc(F)cc(F)c1)N[C@@H](Cc1ccccc1)C(=O)NC1C(=O)N(CC2CC2)c2ccccc2N(CC2CC2)C1=O. The van der Waals surface area contributed by atoms with Crippen LogP contribution < -0.4 is 20.4 Å². The molecule has 0 spiro atoms. The smallest absolute Gasteiger partial charge is 0.259 e. The topological polar surface area (TPSA) is 98.8 Å². The molecule has 3 aromatic rings. The van der Waals surface area contributed by atoms with E-state index in [1.165, 1.54) is 0 Å². The lowest BCUT2D eigenvalue weighted by molar-refractivity contribution is -0.135. The Balaban J connectivity index is 1.27. The number of carbonyl (C=O) groups excluding carboxylic acids is 4. The summed E-state index contributed by atoms with van der Waals surface area (Å²) in [6.45, 7) is 0.891. The van der Waals surface area contributed by atoms with Crippen LogP contribution in [0.5, 0.6) is 0 Å². The third kappa shape index (κ3) is 6.96. The van der Waals surface area contributed by atoms with Crippen molar-refractivity contribution in [1.29, 1.82) is 0 Å². The van der Waals surface area contributed by atoms with Gasteiger partial charge in [-0.05, 0) is 72.9 Å².